The topological polar surface area (TPSA) is 64.6 Å². The highest BCUT2D eigenvalue weighted by molar-refractivity contribution is 8.16. The first-order chi connectivity index (χ1) is 12.7. The first-order valence-corrected chi connectivity index (χ1v) is 11.6. The number of nitrogens with one attached hydrogen (secondary N) is 2. The smallest absolute Gasteiger partial charge is 0.319 e. The van der Waals surface area contributed by atoms with Gasteiger partial charge in [-0.15, -0.1) is 23.5 Å². The second-order valence-corrected chi connectivity index (χ2v) is 9.63. The molecule has 7 heteroatoms. The molecule has 3 N–H and O–H groups in total. The van der Waals surface area contributed by atoms with Crippen molar-refractivity contribution in [1.82, 2.24) is 10.2 Å². The number of nitrogens with zero attached hydrogens (tertiary/aromatic N) is 1. The van der Waals surface area contributed by atoms with Crippen LogP contribution in [-0.2, 0) is 0 Å². The van der Waals surface area contributed by atoms with Gasteiger partial charge in [-0.1, -0.05) is 18.6 Å². The van der Waals surface area contributed by atoms with Gasteiger partial charge in [-0.3, -0.25) is 0 Å². The van der Waals surface area contributed by atoms with Crippen molar-refractivity contribution in [2.75, 3.05) is 43.0 Å². The van der Waals surface area contributed by atoms with Gasteiger partial charge in [-0.05, 0) is 61.6 Å². The highest BCUT2D eigenvalue weighted by Gasteiger charge is 2.18. The van der Waals surface area contributed by atoms with E-state index in [0.717, 1.165) is 18.8 Å². The Hall–Kier alpha value is -0.890. The highest BCUT2D eigenvalue weighted by Crippen LogP contribution is 2.43. The second-order valence-electron chi connectivity index (χ2n) is 6.90. The molecule has 0 aliphatic carbocycles. The summed E-state index contributed by atoms with van der Waals surface area (Å²) in [6.45, 7) is 3.00. The number of carbonyl (C=O) groups excluding carboxylic acids is 1. The van der Waals surface area contributed by atoms with Gasteiger partial charge in [0, 0.05) is 18.8 Å². The lowest BCUT2D eigenvalue weighted by Crippen LogP contribution is -2.42. The van der Waals surface area contributed by atoms with Crippen molar-refractivity contribution < 1.29 is 9.90 Å². The molecule has 2 fully saturated rings. The van der Waals surface area contributed by atoms with Gasteiger partial charge in [0.2, 0.25) is 0 Å². The van der Waals surface area contributed by atoms with Crippen molar-refractivity contribution >= 4 is 35.2 Å². The average molecular weight is 396 g/mol. The van der Waals surface area contributed by atoms with Crippen LogP contribution in [0.3, 0.4) is 0 Å². The maximum Gasteiger partial charge on any atom is 0.319 e. The molecule has 26 heavy (non-hydrogen) atoms. The van der Waals surface area contributed by atoms with Gasteiger partial charge in [-0.2, -0.15) is 0 Å². The fraction of sp³-hybridized carbons (Fsp3) is 0.632. The van der Waals surface area contributed by atoms with Crippen LogP contribution in [0.2, 0.25) is 0 Å². The minimum Gasteiger partial charge on any atom is -0.390 e. The Kier molecular flexibility index (Phi) is 7.98. The maximum absolute atomic E-state index is 12.1. The number of likely N-dealkylation sites (tertiary alicyclic amines) is 1. The van der Waals surface area contributed by atoms with Crippen molar-refractivity contribution in [3.05, 3.63) is 29.8 Å². The summed E-state index contributed by atoms with van der Waals surface area (Å²) in [6.07, 6.45) is 4.43. The van der Waals surface area contributed by atoms with E-state index < -0.39 is 6.10 Å². The van der Waals surface area contributed by atoms with E-state index in [1.807, 2.05) is 35.7 Å². The van der Waals surface area contributed by atoms with Crippen molar-refractivity contribution in [3.8, 4) is 0 Å². The average Bonchev–Trinajstić information content (AvgIpc) is 2.68. The molecule has 5 nitrogen and oxygen atoms in total. The Morgan fingerprint density at radius 2 is 1.96 bits per heavy atom. The van der Waals surface area contributed by atoms with Crippen molar-refractivity contribution in [1.29, 1.82) is 0 Å². The van der Waals surface area contributed by atoms with Crippen LogP contribution in [-0.4, -0.2) is 59.8 Å². The number of aliphatic hydroxyl groups is 1. The minimum atomic E-state index is -0.528. The number of amides is 2. The minimum absolute atomic E-state index is 0.260. The monoisotopic (exact) mass is 395 g/mol. The first kappa shape index (κ1) is 19.9. The van der Waals surface area contributed by atoms with Crippen molar-refractivity contribution in [3.63, 3.8) is 0 Å². The van der Waals surface area contributed by atoms with Crippen LogP contribution < -0.4 is 10.6 Å². The van der Waals surface area contributed by atoms with Gasteiger partial charge >= 0.3 is 6.03 Å². The molecule has 1 aromatic carbocycles. The zero-order valence-corrected chi connectivity index (χ0v) is 16.8. The largest absolute Gasteiger partial charge is 0.390 e. The quantitative estimate of drug-likeness (QED) is 0.688. The third-order valence-electron chi connectivity index (χ3n) is 4.66. The normalized spacial score (nSPS) is 20.5. The summed E-state index contributed by atoms with van der Waals surface area (Å²) in [5, 5.41) is 15.8. The van der Waals surface area contributed by atoms with Crippen molar-refractivity contribution in [2.24, 2.45) is 0 Å². The molecular weight excluding hydrogens is 366 g/mol. The number of benzene rings is 1. The summed E-state index contributed by atoms with van der Waals surface area (Å²) < 4.78 is 0.458. The summed E-state index contributed by atoms with van der Waals surface area (Å²) in [6, 6.07) is 7.82. The van der Waals surface area contributed by atoms with Crippen LogP contribution in [0, 0.1) is 0 Å². The number of hydrogen-bond donors (Lipinski definition) is 3. The molecule has 144 valence electrons. The summed E-state index contributed by atoms with van der Waals surface area (Å²) in [7, 11) is 0. The second kappa shape index (κ2) is 10.4. The molecule has 2 amide bonds. The van der Waals surface area contributed by atoms with Gasteiger partial charge in [-0.25, -0.2) is 4.79 Å². The van der Waals surface area contributed by atoms with Crippen LogP contribution in [0.25, 0.3) is 0 Å². The Morgan fingerprint density at radius 1 is 1.19 bits per heavy atom. The lowest BCUT2D eigenvalue weighted by atomic mass is 10.1. The van der Waals surface area contributed by atoms with Crippen LogP contribution in [0.1, 0.15) is 35.8 Å². The third kappa shape index (κ3) is 6.37. The van der Waals surface area contributed by atoms with Crippen LogP contribution in [0.5, 0.6) is 0 Å². The van der Waals surface area contributed by atoms with E-state index in [1.54, 1.807) is 0 Å². The van der Waals surface area contributed by atoms with Gasteiger partial charge in [0.05, 0.1) is 10.7 Å². The van der Waals surface area contributed by atoms with Gasteiger partial charge in [0.15, 0.2) is 0 Å². The van der Waals surface area contributed by atoms with Crippen LogP contribution in [0.4, 0.5) is 10.5 Å². The lowest BCUT2D eigenvalue weighted by molar-refractivity contribution is 0.102. The Labute approximate surface area is 164 Å². The molecule has 2 heterocycles. The molecule has 1 atom stereocenters. The number of hydrogen-bond acceptors (Lipinski definition) is 5. The van der Waals surface area contributed by atoms with E-state index in [-0.39, 0.29) is 12.6 Å². The maximum atomic E-state index is 12.1. The molecule has 0 spiro atoms. The fourth-order valence-electron chi connectivity index (χ4n) is 3.33. The number of urea groups is 1. The summed E-state index contributed by atoms with van der Waals surface area (Å²) >= 11 is 3.94. The van der Waals surface area contributed by atoms with E-state index in [1.165, 1.54) is 42.8 Å². The fourth-order valence-corrected chi connectivity index (χ4v) is 6.21. The number of rotatable bonds is 6. The van der Waals surface area contributed by atoms with E-state index in [2.05, 4.69) is 27.7 Å². The summed E-state index contributed by atoms with van der Waals surface area (Å²) in [4.78, 5) is 14.4. The number of thioether (sulfide) groups is 2. The molecule has 1 aromatic rings. The highest BCUT2D eigenvalue weighted by atomic mass is 32.2. The van der Waals surface area contributed by atoms with Gasteiger partial charge in [0.25, 0.3) is 0 Å². The first-order valence-electron chi connectivity index (χ1n) is 9.49. The van der Waals surface area contributed by atoms with E-state index >= 15 is 0 Å². The molecule has 2 aliphatic heterocycles. The number of aliphatic hydroxyl groups excluding tert-OH is 1. The number of carbonyl (C=O) groups is 1. The SMILES string of the molecule is O=C(NC[C@H](O)CN1CCCCC1)Nc1cccc(C2SCCCS2)c1. The van der Waals surface area contributed by atoms with Gasteiger partial charge < -0.3 is 20.6 Å². The Bertz CT molecular complexity index is 576. The number of β-amino-alcohol motifs (C(OH)–C–C–N with tert-alkyl or cyclic N) is 1. The summed E-state index contributed by atoms with van der Waals surface area (Å²) in [5.41, 5.74) is 2.06. The van der Waals surface area contributed by atoms with E-state index in [9.17, 15) is 9.90 Å². The molecule has 2 saturated heterocycles. The Balaban J connectivity index is 1.42. The van der Waals surface area contributed by atoms with Crippen molar-refractivity contribution in [2.45, 2.75) is 36.4 Å². The van der Waals surface area contributed by atoms with Crippen LogP contribution in [0.15, 0.2) is 24.3 Å². The molecule has 3 rings (SSSR count). The third-order valence-corrected chi connectivity index (χ3v) is 7.67. The number of piperidine rings is 1. The molecule has 2 aliphatic rings. The van der Waals surface area contributed by atoms with Crippen LogP contribution >= 0.6 is 23.5 Å². The van der Waals surface area contributed by atoms with Gasteiger partial charge in [0.1, 0.15) is 0 Å². The zero-order chi connectivity index (χ0) is 18.2. The summed E-state index contributed by atoms with van der Waals surface area (Å²) in [5.74, 6) is 2.40. The predicted octanol–water partition coefficient (Wildman–Crippen LogP) is 3.52. The lowest BCUT2D eigenvalue weighted by Gasteiger charge is -2.28. The predicted molar refractivity (Wildman–Crippen MR) is 112 cm³/mol. The molecule has 0 saturated carbocycles. The number of anilines is 1. The molecule has 0 unspecified atom stereocenters. The molecule has 0 radical (unpaired) electrons. The molecule has 0 aromatic heterocycles. The van der Waals surface area contributed by atoms with E-state index in [4.69, 9.17) is 0 Å². The zero-order valence-electron chi connectivity index (χ0n) is 15.2. The Morgan fingerprint density at radius 3 is 2.73 bits per heavy atom. The molecular formula is C19H29N3O2S2. The van der Waals surface area contributed by atoms with E-state index in [0.29, 0.717) is 11.1 Å². The standard InChI is InChI=1S/C19H29N3O2S2/c23-17(14-22-8-2-1-3-9-22)13-20-19(24)21-16-7-4-6-15(12-16)18-25-10-5-11-26-18/h4,6-7,12,17-18,23H,1-3,5,8-11,13-14H2,(H2,20,21,24)/t17-/m0/s1. The molecule has 0 bridgehead atoms.